The van der Waals surface area contributed by atoms with Gasteiger partial charge in [0.05, 0.1) is 10.9 Å². The van der Waals surface area contributed by atoms with Crippen molar-refractivity contribution in [1.82, 2.24) is 30.3 Å². The Balaban J connectivity index is 1.73. The lowest BCUT2D eigenvalue weighted by atomic mass is 10.3. The molecule has 12 heteroatoms. The number of tetrazole rings is 1. The number of hydrogen-bond donors (Lipinski definition) is 0. The van der Waals surface area contributed by atoms with E-state index in [2.05, 4.69) is 30.4 Å². The minimum absolute atomic E-state index is 0.208. The Morgan fingerprint density at radius 2 is 2.00 bits per heavy atom. The van der Waals surface area contributed by atoms with Gasteiger partial charge in [0.1, 0.15) is 5.75 Å². The molecule has 2 aromatic heterocycles. The van der Waals surface area contributed by atoms with Crippen molar-refractivity contribution in [2.24, 2.45) is 0 Å². The SMILES string of the molecule is CCCc1noc(C(C)Sc2nnnn2-c2ccc(OC(F)(F)F)cc2)n1. The predicted molar refractivity (Wildman–Crippen MR) is 88.4 cm³/mol. The van der Waals surface area contributed by atoms with Crippen LogP contribution < -0.4 is 4.74 Å². The predicted octanol–water partition coefficient (Wildman–Crippen LogP) is 3.75. The maximum Gasteiger partial charge on any atom is 0.573 e. The third-order valence-electron chi connectivity index (χ3n) is 3.34. The van der Waals surface area contributed by atoms with Gasteiger partial charge in [0.25, 0.3) is 0 Å². The summed E-state index contributed by atoms with van der Waals surface area (Å²) in [5.74, 6) is 0.767. The molecule has 1 atom stereocenters. The number of alkyl halides is 3. The van der Waals surface area contributed by atoms with Crippen LogP contribution in [0.3, 0.4) is 0 Å². The zero-order valence-electron chi connectivity index (χ0n) is 14.3. The normalized spacial score (nSPS) is 12.9. The van der Waals surface area contributed by atoms with Crippen molar-refractivity contribution in [2.45, 2.75) is 43.5 Å². The summed E-state index contributed by atoms with van der Waals surface area (Å²) in [7, 11) is 0. The van der Waals surface area contributed by atoms with Gasteiger partial charge in [0, 0.05) is 6.42 Å². The minimum atomic E-state index is -4.74. The highest BCUT2D eigenvalue weighted by molar-refractivity contribution is 7.99. The van der Waals surface area contributed by atoms with Crippen molar-refractivity contribution in [2.75, 3.05) is 0 Å². The Bertz CT molecular complexity index is 880. The molecule has 0 saturated heterocycles. The summed E-state index contributed by atoms with van der Waals surface area (Å²) in [6.45, 7) is 3.89. The lowest BCUT2D eigenvalue weighted by Crippen LogP contribution is -2.17. The summed E-state index contributed by atoms with van der Waals surface area (Å²) >= 11 is 1.29. The van der Waals surface area contributed by atoms with Crippen molar-refractivity contribution in [3.63, 3.8) is 0 Å². The third kappa shape index (κ3) is 4.96. The first-order chi connectivity index (χ1) is 12.9. The van der Waals surface area contributed by atoms with Gasteiger partial charge in [-0.25, -0.2) is 0 Å². The van der Waals surface area contributed by atoms with E-state index in [4.69, 9.17) is 4.52 Å². The Morgan fingerprint density at radius 3 is 2.67 bits per heavy atom. The zero-order chi connectivity index (χ0) is 19.4. The lowest BCUT2D eigenvalue weighted by Gasteiger charge is -2.10. The number of nitrogens with zero attached hydrogens (tertiary/aromatic N) is 6. The van der Waals surface area contributed by atoms with E-state index < -0.39 is 6.36 Å². The highest BCUT2D eigenvalue weighted by Gasteiger charge is 2.31. The van der Waals surface area contributed by atoms with Crippen LogP contribution in [0.15, 0.2) is 33.9 Å². The molecule has 0 amide bonds. The highest BCUT2D eigenvalue weighted by atomic mass is 32.2. The van der Waals surface area contributed by atoms with Crippen LogP contribution in [0.25, 0.3) is 5.69 Å². The number of rotatable bonds is 7. The second-order valence-corrected chi connectivity index (χ2v) is 6.78. The van der Waals surface area contributed by atoms with Crippen LogP contribution in [0.5, 0.6) is 5.75 Å². The van der Waals surface area contributed by atoms with Crippen LogP contribution in [0.1, 0.15) is 37.2 Å². The van der Waals surface area contributed by atoms with E-state index in [0.717, 1.165) is 12.8 Å². The van der Waals surface area contributed by atoms with Gasteiger partial charge in [-0.3, -0.25) is 0 Å². The number of aromatic nitrogens is 6. The summed E-state index contributed by atoms with van der Waals surface area (Å²) in [5, 5.41) is 15.6. The summed E-state index contributed by atoms with van der Waals surface area (Å²) in [6, 6.07) is 5.24. The van der Waals surface area contributed by atoms with E-state index in [1.54, 1.807) is 0 Å². The van der Waals surface area contributed by atoms with E-state index in [9.17, 15) is 13.2 Å². The first-order valence-electron chi connectivity index (χ1n) is 7.99. The summed E-state index contributed by atoms with van der Waals surface area (Å²) in [5.41, 5.74) is 0.487. The van der Waals surface area contributed by atoms with Gasteiger partial charge in [-0.1, -0.05) is 23.8 Å². The fourth-order valence-corrected chi connectivity index (χ4v) is 3.01. The van der Waals surface area contributed by atoms with Crippen LogP contribution in [0.2, 0.25) is 0 Å². The molecule has 0 N–H and O–H groups in total. The maximum atomic E-state index is 12.3. The van der Waals surface area contributed by atoms with Gasteiger partial charge in [0.15, 0.2) is 5.82 Å². The largest absolute Gasteiger partial charge is 0.573 e. The van der Waals surface area contributed by atoms with E-state index in [0.29, 0.717) is 22.6 Å². The van der Waals surface area contributed by atoms with Gasteiger partial charge in [-0.15, -0.1) is 18.3 Å². The van der Waals surface area contributed by atoms with Gasteiger partial charge in [-0.2, -0.15) is 9.67 Å². The van der Waals surface area contributed by atoms with E-state index in [1.807, 2.05) is 13.8 Å². The molecule has 27 heavy (non-hydrogen) atoms. The van der Waals surface area contributed by atoms with Crippen molar-refractivity contribution >= 4 is 11.8 Å². The Morgan fingerprint density at radius 1 is 1.26 bits per heavy atom. The van der Waals surface area contributed by atoms with Crippen molar-refractivity contribution in [3.8, 4) is 11.4 Å². The Labute approximate surface area is 156 Å². The van der Waals surface area contributed by atoms with E-state index in [-0.39, 0.29) is 11.0 Å². The average Bonchev–Trinajstić information content (AvgIpc) is 3.24. The van der Waals surface area contributed by atoms with Crippen molar-refractivity contribution < 1.29 is 22.4 Å². The molecule has 3 aromatic rings. The van der Waals surface area contributed by atoms with Gasteiger partial charge >= 0.3 is 6.36 Å². The summed E-state index contributed by atoms with van der Waals surface area (Å²) in [6.07, 6.45) is -3.11. The quantitative estimate of drug-likeness (QED) is 0.554. The van der Waals surface area contributed by atoms with Crippen LogP contribution in [0, 0.1) is 0 Å². The second-order valence-electron chi connectivity index (χ2n) is 5.47. The first kappa shape index (κ1) is 19.1. The molecule has 144 valence electrons. The van der Waals surface area contributed by atoms with Crippen LogP contribution >= 0.6 is 11.8 Å². The Kier molecular flexibility index (Phi) is 5.63. The fraction of sp³-hybridized carbons (Fsp3) is 0.400. The molecule has 0 aliphatic heterocycles. The number of aryl methyl sites for hydroxylation is 1. The van der Waals surface area contributed by atoms with Gasteiger partial charge < -0.3 is 9.26 Å². The van der Waals surface area contributed by atoms with Crippen molar-refractivity contribution in [1.29, 1.82) is 0 Å². The topological polar surface area (TPSA) is 91.8 Å². The number of ether oxygens (including phenoxy) is 1. The Hall–Kier alpha value is -2.63. The molecular formula is C15H15F3N6O2S. The smallest absolute Gasteiger partial charge is 0.406 e. The van der Waals surface area contributed by atoms with E-state index >= 15 is 0 Å². The van der Waals surface area contributed by atoms with Crippen molar-refractivity contribution in [3.05, 3.63) is 36.0 Å². The zero-order valence-corrected chi connectivity index (χ0v) is 15.2. The molecule has 3 rings (SSSR count). The monoisotopic (exact) mass is 400 g/mol. The molecule has 0 aliphatic rings. The van der Waals surface area contributed by atoms with Gasteiger partial charge in [0.2, 0.25) is 11.0 Å². The molecule has 0 bridgehead atoms. The number of hydrogen-bond acceptors (Lipinski definition) is 8. The average molecular weight is 400 g/mol. The fourth-order valence-electron chi connectivity index (χ4n) is 2.17. The molecule has 0 spiro atoms. The first-order valence-corrected chi connectivity index (χ1v) is 8.87. The van der Waals surface area contributed by atoms with E-state index in [1.165, 1.54) is 40.7 Å². The number of benzene rings is 1. The van der Waals surface area contributed by atoms with Crippen LogP contribution in [-0.4, -0.2) is 36.7 Å². The molecular weight excluding hydrogens is 385 g/mol. The molecule has 8 nitrogen and oxygen atoms in total. The number of thioether (sulfide) groups is 1. The van der Waals surface area contributed by atoms with Crippen LogP contribution in [-0.2, 0) is 6.42 Å². The molecule has 1 unspecified atom stereocenters. The highest BCUT2D eigenvalue weighted by Crippen LogP contribution is 2.33. The molecule has 0 saturated carbocycles. The summed E-state index contributed by atoms with van der Waals surface area (Å²) < 4.78 is 47.3. The number of halogens is 3. The maximum absolute atomic E-state index is 12.3. The van der Waals surface area contributed by atoms with Crippen LogP contribution in [0.4, 0.5) is 13.2 Å². The second kappa shape index (κ2) is 7.94. The lowest BCUT2D eigenvalue weighted by molar-refractivity contribution is -0.274. The third-order valence-corrected chi connectivity index (χ3v) is 4.36. The van der Waals surface area contributed by atoms with Gasteiger partial charge in [-0.05, 0) is 48.0 Å². The molecule has 0 radical (unpaired) electrons. The minimum Gasteiger partial charge on any atom is -0.406 e. The molecule has 0 fully saturated rings. The summed E-state index contributed by atoms with van der Waals surface area (Å²) in [4.78, 5) is 4.33. The molecule has 1 aromatic carbocycles. The molecule has 2 heterocycles. The standard InChI is InChI=1S/C15H15F3N6O2S/c1-3-4-12-19-13(26-21-12)9(2)27-14-20-22-23-24(14)10-5-7-11(8-6-10)25-15(16,17)18/h5-9H,3-4H2,1-2H3. The molecule has 0 aliphatic carbocycles.